The number of aliphatic hydroxyl groups is 1. The fourth-order valence-corrected chi connectivity index (χ4v) is 1.95. The van der Waals surface area contributed by atoms with Crippen molar-refractivity contribution in [2.45, 2.75) is 13.0 Å². The normalized spacial score (nSPS) is 12.2. The van der Waals surface area contributed by atoms with E-state index in [-0.39, 0.29) is 12.2 Å². The van der Waals surface area contributed by atoms with Crippen molar-refractivity contribution in [3.05, 3.63) is 64.2 Å². The van der Waals surface area contributed by atoms with Gasteiger partial charge in [-0.2, -0.15) is 0 Å². The Morgan fingerprint density at radius 2 is 1.80 bits per heavy atom. The van der Waals surface area contributed by atoms with Crippen LogP contribution < -0.4 is 5.32 Å². The van der Waals surface area contributed by atoms with Gasteiger partial charge in [-0.05, 0) is 36.2 Å². The Kier molecular flexibility index (Phi) is 4.57. The summed E-state index contributed by atoms with van der Waals surface area (Å²) in [6.45, 7) is 1.55. The van der Waals surface area contributed by atoms with Crippen molar-refractivity contribution < 1.29 is 13.9 Å². The molecule has 2 rings (SSSR count). The van der Waals surface area contributed by atoms with Crippen molar-refractivity contribution in [3.8, 4) is 0 Å². The van der Waals surface area contributed by atoms with E-state index in [0.29, 0.717) is 16.1 Å². The van der Waals surface area contributed by atoms with Crippen molar-refractivity contribution in [3.63, 3.8) is 0 Å². The van der Waals surface area contributed by atoms with Crippen LogP contribution in [0.3, 0.4) is 0 Å². The molecule has 2 N–H and O–H groups in total. The van der Waals surface area contributed by atoms with Gasteiger partial charge < -0.3 is 10.4 Å². The van der Waals surface area contributed by atoms with E-state index in [4.69, 9.17) is 11.6 Å². The molecule has 0 heterocycles. The number of halogens is 3. The van der Waals surface area contributed by atoms with Crippen molar-refractivity contribution in [1.29, 1.82) is 0 Å². The van der Waals surface area contributed by atoms with Gasteiger partial charge in [0.05, 0.1) is 6.10 Å². The van der Waals surface area contributed by atoms with Crippen LogP contribution in [0.2, 0.25) is 5.02 Å². The van der Waals surface area contributed by atoms with Crippen LogP contribution in [-0.4, -0.2) is 11.7 Å². The van der Waals surface area contributed by atoms with Crippen LogP contribution in [0.5, 0.6) is 0 Å². The molecule has 106 valence electrons. The first-order valence-corrected chi connectivity index (χ1v) is 6.49. The summed E-state index contributed by atoms with van der Waals surface area (Å²) >= 11 is 5.75. The number of nitrogens with one attached hydrogen (secondary N) is 1. The van der Waals surface area contributed by atoms with Crippen molar-refractivity contribution in [1.82, 2.24) is 0 Å². The Hall–Kier alpha value is -1.65. The summed E-state index contributed by atoms with van der Waals surface area (Å²) in [6.07, 6.45) is -0.883. The van der Waals surface area contributed by atoms with Gasteiger partial charge in [-0.3, -0.25) is 0 Å². The molecule has 0 aromatic heterocycles. The minimum atomic E-state index is -0.883. The van der Waals surface area contributed by atoms with Crippen molar-refractivity contribution in [2.75, 3.05) is 11.9 Å². The predicted octanol–water partition coefficient (Wildman–Crippen LogP) is 4.07. The third-order valence-electron chi connectivity index (χ3n) is 3.01. The van der Waals surface area contributed by atoms with E-state index in [1.165, 1.54) is 12.1 Å². The Morgan fingerprint density at radius 1 is 1.15 bits per heavy atom. The summed E-state index contributed by atoms with van der Waals surface area (Å²) in [6, 6.07) is 9.18. The van der Waals surface area contributed by atoms with Gasteiger partial charge >= 0.3 is 0 Å². The van der Waals surface area contributed by atoms with Crippen LogP contribution in [0.25, 0.3) is 0 Å². The lowest BCUT2D eigenvalue weighted by Crippen LogP contribution is -2.14. The van der Waals surface area contributed by atoms with Gasteiger partial charge in [0.15, 0.2) is 5.82 Å². The van der Waals surface area contributed by atoms with Gasteiger partial charge in [0.1, 0.15) is 11.5 Å². The number of aryl methyl sites for hydroxylation is 1. The Morgan fingerprint density at radius 3 is 2.45 bits per heavy atom. The second-order valence-corrected chi connectivity index (χ2v) is 4.94. The third-order valence-corrected chi connectivity index (χ3v) is 3.26. The van der Waals surface area contributed by atoms with Crippen LogP contribution in [-0.2, 0) is 0 Å². The van der Waals surface area contributed by atoms with E-state index in [9.17, 15) is 13.9 Å². The molecule has 1 unspecified atom stereocenters. The molecular weight excluding hydrogens is 284 g/mol. The predicted molar refractivity (Wildman–Crippen MR) is 76.0 cm³/mol. The standard InChI is InChI=1S/C15H14ClF2NO/c1-9-2-7-12(17)15(14(9)18)19-8-13(20)10-3-5-11(16)6-4-10/h2-7,13,19-20H,8H2,1H3. The van der Waals surface area contributed by atoms with E-state index in [2.05, 4.69) is 5.32 Å². The SMILES string of the molecule is Cc1ccc(F)c(NCC(O)c2ccc(Cl)cc2)c1F. The largest absolute Gasteiger partial charge is 0.387 e. The third kappa shape index (κ3) is 3.26. The lowest BCUT2D eigenvalue weighted by Gasteiger charge is -2.15. The second kappa shape index (κ2) is 6.20. The highest BCUT2D eigenvalue weighted by Gasteiger charge is 2.13. The maximum atomic E-state index is 13.8. The second-order valence-electron chi connectivity index (χ2n) is 4.50. The zero-order valence-electron chi connectivity index (χ0n) is 10.8. The van der Waals surface area contributed by atoms with Gasteiger partial charge in [0, 0.05) is 11.6 Å². The van der Waals surface area contributed by atoms with E-state index < -0.39 is 17.7 Å². The molecule has 2 aromatic rings. The number of benzene rings is 2. The van der Waals surface area contributed by atoms with Gasteiger partial charge in [-0.1, -0.05) is 29.8 Å². The average Bonchev–Trinajstić information content (AvgIpc) is 2.43. The van der Waals surface area contributed by atoms with Crippen LogP contribution in [0.15, 0.2) is 36.4 Å². The summed E-state index contributed by atoms with van der Waals surface area (Å²) in [5.74, 6) is -1.33. The monoisotopic (exact) mass is 297 g/mol. The van der Waals surface area contributed by atoms with Crippen LogP contribution in [0, 0.1) is 18.6 Å². The number of hydrogen-bond acceptors (Lipinski definition) is 2. The number of rotatable bonds is 4. The lowest BCUT2D eigenvalue weighted by molar-refractivity contribution is 0.191. The minimum absolute atomic E-state index is 0.00107. The molecule has 2 nitrogen and oxygen atoms in total. The van der Waals surface area contributed by atoms with Gasteiger partial charge in [0.25, 0.3) is 0 Å². The zero-order valence-corrected chi connectivity index (χ0v) is 11.6. The lowest BCUT2D eigenvalue weighted by atomic mass is 10.1. The summed E-state index contributed by atoms with van der Waals surface area (Å²) in [5, 5.41) is 13.1. The number of hydrogen-bond donors (Lipinski definition) is 2. The summed E-state index contributed by atoms with van der Waals surface area (Å²) in [4.78, 5) is 0. The average molecular weight is 298 g/mol. The molecule has 0 spiro atoms. The van der Waals surface area contributed by atoms with Crippen LogP contribution >= 0.6 is 11.6 Å². The highest BCUT2D eigenvalue weighted by Crippen LogP contribution is 2.23. The molecule has 0 fully saturated rings. The molecule has 0 amide bonds. The van der Waals surface area contributed by atoms with Gasteiger partial charge in [-0.25, -0.2) is 8.78 Å². The van der Waals surface area contributed by atoms with Gasteiger partial charge in [-0.15, -0.1) is 0 Å². The fraction of sp³-hybridized carbons (Fsp3) is 0.200. The molecule has 1 atom stereocenters. The zero-order chi connectivity index (χ0) is 14.7. The fourth-order valence-electron chi connectivity index (χ4n) is 1.82. The Balaban J connectivity index is 2.09. The minimum Gasteiger partial charge on any atom is -0.387 e. The smallest absolute Gasteiger partial charge is 0.152 e. The molecular formula is C15H14ClF2NO. The Bertz CT molecular complexity index is 602. The van der Waals surface area contributed by atoms with Crippen LogP contribution in [0.1, 0.15) is 17.2 Å². The quantitative estimate of drug-likeness (QED) is 0.891. The number of anilines is 1. The highest BCUT2D eigenvalue weighted by atomic mass is 35.5. The summed E-state index contributed by atoms with van der Waals surface area (Å²) < 4.78 is 27.3. The first-order valence-electron chi connectivity index (χ1n) is 6.11. The molecule has 20 heavy (non-hydrogen) atoms. The van der Waals surface area contributed by atoms with Crippen molar-refractivity contribution in [2.24, 2.45) is 0 Å². The van der Waals surface area contributed by atoms with E-state index in [0.717, 1.165) is 0 Å². The Labute approximate surface area is 121 Å². The van der Waals surface area contributed by atoms with E-state index in [1.807, 2.05) is 0 Å². The molecule has 5 heteroatoms. The maximum Gasteiger partial charge on any atom is 0.152 e. The van der Waals surface area contributed by atoms with E-state index >= 15 is 0 Å². The maximum absolute atomic E-state index is 13.8. The van der Waals surface area contributed by atoms with Crippen LogP contribution in [0.4, 0.5) is 14.5 Å². The van der Waals surface area contributed by atoms with Gasteiger partial charge in [0.2, 0.25) is 0 Å². The first-order chi connectivity index (χ1) is 9.49. The molecule has 0 saturated heterocycles. The molecule has 0 radical (unpaired) electrons. The molecule has 0 saturated carbocycles. The summed E-state index contributed by atoms with van der Waals surface area (Å²) in [5.41, 5.74) is 0.739. The molecule has 0 aliphatic heterocycles. The topological polar surface area (TPSA) is 32.3 Å². The highest BCUT2D eigenvalue weighted by molar-refractivity contribution is 6.30. The molecule has 0 bridgehead atoms. The summed E-state index contributed by atoms with van der Waals surface area (Å²) in [7, 11) is 0. The van der Waals surface area contributed by atoms with E-state index in [1.54, 1.807) is 31.2 Å². The molecule has 2 aromatic carbocycles. The molecule has 0 aliphatic carbocycles. The first kappa shape index (κ1) is 14.8. The molecule has 0 aliphatic rings. The number of aliphatic hydroxyl groups excluding tert-OH is 1. The van der Waals surface area contributed by atoms with Crippen molar-refractivity contribution >= 4 is 17.3 Å².